The van der Waals surface area contributed by atoms with Crippen LogP contribution in [0.3, 0.4) is 0 Å². The van der Waals surface area contributed by atoms with E-state index in [-0.39, 0.29) is 23.9 Å². The molecule has 0 spiro atoms. The van der Waals surface area contributed by atoms with Gasteiger partial charge in [-0.1, -0.05) is 0 Å². The second-order valence-corrected chi connectivity index (χ2v) is 9.71. The Labute approximate surface area is 223 Å². The van der Waals surface area contributed by atoms with E-state index in [2.05, 4.69) is 0 Å². The van der Waals surface area contributed by atoms with Crippen LogP contribution in [0, 0.1) is 0 Å². The lowest BCUT2D eigenvalue weighted by molar-refractivity contribution is -0.143. The van der Waals surface area contributed by atoms with Gasteiger partial charge in [0, 0.05) is 6.07 Å². The normalized spacial score (nSPS) is 12.7. The standard InChI is InChI=1S/C23H14F9NO7S/c1-39-14-3-4-16(20(34)35)19(10-14)40-18-5-2-11(21(24,25)26)9-17(18)33(36)41(37,38)15-7-12(22(27,28)29)6-13(8-15)23(30,31)32/h2-10,36H,1H3,(H,34,35). The number of ether oxygens (including phenoxy) is 2. The molecule has 2 N–H and O–H groups in total. The Kier molecular flexibility index (Phi) is 8.15. The SMILES string of the molecule is COc1ccc(C(=O)O)c(Oc2ccc(C(F)(F)F)cc2N(O)S(=O)(=O)c2cc(C(F)(F)F)cc(C(F)(F)F)c2)c1. The largest absolute Gasteiger partial charge is 0.497 e. The van der Waals surface area contributed by atoms with Crippen molar-refractivity contribution in [2.75, 3.05) is 11.6 Å². The van der Waals surface area contributed by atoms with Gasteiger partial charge in [0.25, 0.3) is 10.0 Å². The molecule has 41 heavy (non-hydrogen) atoms. The molecule has 0 heterocycles. The van der Waals surface area contributed by atoms with E-state index in [0.29, 0.717) is 12.1 Å². The van der Waals surface area contributed by atoms with Crippen molar-refractivity contribution in [2.45, 2.75) is 23.4 Å². The first-order chi connectivity index (χ1) is 18.7. The average Bonchev–Trinajstić information content (AvgIpc) is 2.86. The van der Waals surface area contributed by atoms with Gasteiger partial charge in [0.2, 0.25) is 0 Å². The van der Waals surface area contributed by atoms with Crippen LogP contribution in [0.5, 0.6) is 17.2 Å². The number of anilines is 1. The summed E-state index contributed by atoms with van der Waals surface area (Å²) in [7, 11) is -4.73. The van der Waals surface area contributed by atoms with Crippen molar-refractivity contribution >= 4 is 21.7 Å². The van der Waals surface area contributed by atoms with E-state index in [1.807, 2.05) is 0 Å². The molecule has 222 valence electrons. The molecule has 0 aromatic heterocycles. The van der Waals surface area contributed by atoms with Crippen LogP contribution in [0.25, 0.3) is 0 Å². The maximum absolute atomic E-state index is 13.4. The van der Waals surface area contributed by atoms with Crippen molar-refractivity contribution in [2.24, 2.45) is 0 Å². The van der Waals surface area contributed by atoms with Gasteiger partial charge in [-0.2, -0.15) is 47.9 Å². The molecule has 0 aliphatic carbocycles. The topological polar surface area (TPSA) is 113 Å². The third-order valence-electron chi connectivity index (χ3n) is 5.22. The number of carboxylic acids is 1. The fraction of sp³-hybridized carbons (Fsp3) is 0.174. The molecule has 3 aromatic rings. The monoisotopic (exact) mass is 619 g/mol. The zero-order chi connectivity index (χ0) is 31.1. The first kappa shape index (κ1) is 31.3. The maximum Gasteiger partial charge on any atom is 0.416 e. The van der Waals surface area contributed by atoms with Gasteiger partial charge in [0.15, 0.2) is 5.75 Å². The van der Waals surface area contributed by atoms with Gasteiger partial charge in [-0.15, -0.1) is 4.47 Å². The highest BCUT2D eigenvalue weighted by Gasteiger charge is 2.40. The van der Waals surface area contributed by atoms with Crippen molar-refractivity contribution in [3.8, 4) is 17.2 Å². The molecular formula is C23H14F9NO7S. The molecule has 18 heteroatoms. The summed E-state index contributed by atoms with van der Waals surface area (Å²) in [5, 5.41) is 19.9. The molecule has 0 aliphatic heterocycles. The predicted octanol–water partition coefficient (Wildman–Crippen LogP) is 6.83. The number of rotatable bonds is 7. The Bertz CT molecular complexity index is 1550. The first-order valence-corrected chi connectivity index (χ1v) is 11.9. The van der Waals surface area contributed by atoms with Crippen LogP contribution < -0.4 is 13.9 Å². The molecule has 0 atom stereocenters. The lowest BCUT2D eigenvalue weighted by Gasteiger charge is -2.23. The Balaban J connectivity index is 2.26. The Morgan fingerprint density at radius 3 is 1.76 bits per heavy atom. The van der Waals surface area contributed by atoms with Gasteiger partial charge >= 0.3 is 24.5 Å². The van der Waals surface area contributed by atoms with E-state index >= 15 is 0 Å². The number of methoxy groups -OCH3 is 1. The number of alkyl halides is 9. The molecular weight excluding hydrogens is 605 g/mol. The molecule has 3 aromatic carbocycles. The van der Waals surface area contributed by atoms with Crippen molar-refractivity contribution in [1.82, 2.24) is 0 Å². The number of aromatic carboxylic acids is 1. The lowest BCUT2D eigenvalue weighted by Crippen LogP contribution is -2.29. The van der Waals surface area contributed by atoms with Crippen molar-refractivity contribution in [3.63, 3.8) is 0 Å². The quantitative estimate of drug-likeness (QED) is 0.220. The molecule has 0 unspecified atom stereocenters. The summed E-state index contributed by atoms with van der Waals surface area (Å²) in [5.74, 6) is -3.33. The van der Waals surface area contributed by atoms with E-state index in [1.54, 1.807) is 0 Å². The minimum Gasteiger partial charge on any atom is -0.497 e. The van der Waals surface area contributed by atoms with E-state index < -0.39 is 89.4 Å². The number of sulfonamides is 1. The van der Waals surface area contributed by atoms with Crippen LogP contribution in [0.1, 0.15) is 27.0 Å². The Hall–Kier alpha value is -4.19. The molecule has 0 bridgehead atoms. The van der Waals surface area contributed by atoms with Crippen LogP contribution in [-0.4, -0.2) is 31.8 Å². The van der Waals surface area contributed by atoms with Crippen LogP contribution in [0.15, 0.2) is 59.5 Å². The highest BCUT2D eigenvalue weighted by atomic mass is 32.2. The Morgan fingerprint density at radius 1 is 0.756 bits per heavy atom. The van der Waals surface area contributed by atoms with E-state index in [1.165, 1.54) is 0 Å². The molecule has 8 nitrogen and oxygen atoms in total. The molecule has 0 amide bonds. The van der Waals surface area contributed by atoms with Crippen LogP contribution in [0.4, 0.5) is 45.2 Å². The summed E-state index contributed by atoms with van der Waals surface area (Å²) >= 11 is 0. The summed E-state index contributed by atoms with van der Waals surface area (Å²) in [5.41, 5.74) is -7.88. The summed E-state index contributed by atoms with van der Waals surface area (Å²) in [4.78, 5) is 9.78. The highest BCUT2D eigenvalue weighted by molar-refractivity contribution is 7.92. The Morgan fingerprint density at radius 2 is 1.29 bits per heavy atom. The van der Waals surface area contributed by atoms with E-state index in [9.17, 15) is 63.0 Å². The zero-order valence-corrected chi connectivity index (χ0v) is 20.7. The van der Waals surface area contributed by atoms with Gasteiger partial charge in [0.05, 0.1) is 28.7 Å². The minimum atomic E-state index is -5.87. The van der Waals surface area contributed by atoms with Crippen LogP contribution in [-0.2, 0) is 28.6 Å². The van der Waals surface area contributed by atoms with E-state index in [4.69, 9.17) is 9.47 Å². The smallest absolute Gasteiger partial charge is 0.416 e. The summed E-state index contributed by atoms with van der Waals surface area (Å²) < 4.78 is 155. The lowest BCUT2D eigenvalue weighted by atomic mass is 10.1. The van der Waals surface area contributed by atoms with Gasteiger partial charge in [0.1, 0.15) is 22.7 Å². The molecule has 0 saturated heterocycles. The second-order valence-electron chi connectivity index (χ2n) is 7.94. The number of benzene rings is 3. The molecule has 0 radical (unpaired) electrons. The molecule has 3 rings (SSSR count). The average molecular weight is 619 g/mol. The highest BCUT2D eigenvalue weighted by Crippen LogP contribution is 2.42. The summed E-state index contributed by atoms with van der Waals surface area (Å²) in [6, 6.07) is 2.79. The fourth-order valence-electron chi connectivity index (χ4n) is 3.24. The third-order valence-corrected chi connectivity index (χ3v) is 6.70. The number of carboxylic acid groups (broad SMARTS) is 1. The molecule has 0 fully saturated rings. The minimum absolute atomic E-state index is 0.0359. The van der Waals surface area contributed by atoms with Gasteiger partial charge < -0.3 is 14.6 Å². The summed E-state index contributed by atoms with van der Waals surface area (Å²) in [6.45, 7) is 0. The van der Waals surface area contributed by atoms with E-state index in [0.717, 1.165) is 25.3 Å². The van der Waals surface area contributed by atoms with Gasteiger partial charge in [-0.3, -0.25) is 5.21 Å². The number of hydrogen-bond donors (Lipinski definition) is 2. The van der Waals surface area contributed by atoms with Gasteiger partial charge in [-0.25, -0.2) is 4.79 Å². The molecule has 0 saturated carbocycles. The predicted molar refractivity (Wildman–Crippen MR) is 119 cm³/mol. The number of nitrogens with zero attached hydrogens (tertiary/aromatic N) is 1. The molecule has 0 aliphatic rings. The number of halogens is 9. The van der Waals surface area contributed by atoms with Crippen molar-refractivity contribution in [3.05, 3.63) is 76.9 Å². The first-order valence-electron chi connectivity index (χ1n) is 10.5. The second kappa shape index (κ2) is 10.7. The van der Waals surface area contributed by atoms with Gasteiger partial charge in [-0.05, 0) is 48.5 Å². The fourth-order valence-corrected chi connectivity index (χ4v) is 4.40. The maximum atomic E-state index is 13.4. The van der Waals surface area contributed by atoms with Crippen LogP contribution in [0.2, 0.25) is 0 Å². The van der Waals surface area contributed by atoms with Crippen molar-refractivity contribution < 1.29 is 72.5 Å². The zero-order valence-electron chi connectivity index (χ0n) is 19.9. The number of hydrogen-bond acceptors (Lipinski definition) is 6. The van der Waals surface area contributed by atoms with Crippen molar-refractivity contribution in [1.29, 1.82) is 0 Å². The van der Waals surface area contributed by atoms with Crippen LogP contribution >= 0.6 is 0 Å². The number of carbonyl (C=O) groups is 1. The third kappa shape index (κ3) is 6.76. The summed E-state index contributed by atoms with van der Waals surface area (Å²) in [6.07, 6.45) is -16.2.